The molecule has 2 aromatic carbocycles. The predicted octanol–water partition coefficient (Wildman–Crippen LogP) is 3.52. The Bertz CT molecular complexity index is 1010. The van der Waals surface area contributed by atoms with E-state index < -0.39 is 5.25 Å². The number of hydrogen-bond donors (Lipinski definition) is 2. The van der Waals surface area contributed by atoms with Crippen molar-refractivity contribution in [3.05, 3.63) is 65.7 Å². The van der Waals surface area contributed by atoms with E-state index in [9.17, 15) is 9.18 Å². The first-order chi connectivity index (χ1) is 14.0. The average Bonchev–Trinajstić information content (AvgIpc) is 3.09. The molecular weight excluding hydrogens is 393 g/mol. The van der Waals surface area contributed by atoms with Gasteiger partial charge >= 0.3 is 0 Å². The van der Waals surface area contributed by atoms with E-state index in [1.54, 1.807) is 28.9 Å². The van der Waals surface area contributed by atoms with Crippen LogP contribution in [0.2, 0.25) is 0 Å². The number of ether oxygens (including phenoxy) is 1. The molecule has 3 aromatic rings. The average molecular weight is 413 g/mol. The molecule has 2 atom stereocenters. The number of carbonyl (C=O) groups is 1. The van der Waals surface area contributed by atoms with Crippen LogP contribution in [0.15, 0.2) is 53.7 Å². The van der Waals surface area contributed by atoms with Crippen LogP contribution in [0.4, 0.5) is 10.1 Å². The summed E-state index contributed by atoms with van der Waals surface area (Å²) in [5.41, 5.74) is 4.75. The van der Waals surface area contributed by atoms with Gasteiger partial charge in [-0.25, -0.2) is 9.07 Å². The quantitative estimate of drug-likeness (QED) is 0.666. The molecule has 2 N–H and O–H groups in total. The zero-order valence-corrected chi connectivity index (χ0v) is 16.7. The van der Waals surface area contributed by atoms with Crippen molar-refractivity contribution < 1.29 is 13.9 Å². The van der Waals surface area contributed by atoms with Crippen molar-refractivity contribution >= 4 is 23.4 Å². The van der Waals surface area contributed by atoms with Gasteiger partial charge in [0.15, 0.2) is 0 Å². The Labute approximate surface area is 171 Å². The Morgan fingerprint density at radius 2 is 1.93 bits per heavy atom. The van der Waals surface area contributed by atoms with Gasteiger partial charge in [0.05, 0.1) is 12.6 Å². The first-order valence-electron chi connectivity index (χ1n) is 9.19. The molecule has 1 amide bonds. The van der Waals surface area contributed by atoms with Crippen molar-refractivity contribution in [2.24, 2.45) is 0 Å². The van der Waals surface area contributed by atoms with Crippen LogP contribution in [0.3, 0.4) is 0 Å². The Balaban J connectivity index is 1.59. The van der Waals surface area contributed by atoms with E-state index in [2.05, 4.69) is 20.9 Å². The fraction of sp³-hybridized carbons (Fsp3) is 0.250. The van der Waals surface area contributed by atoms with Gasteiger partial charge in [-0.15, -0.1) is 10.2 Å². The molecule has 4 rings (SSSR count). The third-order valence-electron chi connectivity index (χ3n) is 4.52. The van der Waals surface area contributed by atoms with Crippen LogP contribution in [0.25, 0.3) is 0 Å². The molecule has 29 heavy (non-hydrogen) atoms. The van der Waals surface area contributed by atoms with Gasteiger partial charge in [-0.2, -0.15) is 0 Å². The third-order valence-corrected chi connectivity index (χ3v) is 5.73. The number of hydrogen-bond acceptors (Lipinski definition) is 6. The highest BCUT2D eigenvalue weighted by Crippen LogP contribution is 2.37. The largest absolute Gasteiger partial charge is 0.494 e. The van der Waals surface area contributed by atoms with Crippen molar-refractivity contribution in [2.45, 2.75) is 30.3 Å². The summed E-state index contributed by atoms with van der Waals surface area (Å²) in [5.74, 6) is 0.915. The summed E-state index contributed by atoms with van der Waals surface area (Å²) in [6.45, 7) is 4.32. The molecule has 150 valence electrons. The van der Waals surface area contributed by atoms with Gasteiger partial charge in [0.2, 0.25) is 11.1 Å². The van der Waals surface area contributed by atoms with Crippen LogP contribution >= 0.6 is 11.8 Å². The van der Waals surface area contributed by atoms with Gasteiger partial charge < -0.3 is 15.5 Å². The van der Waals surface area contributed by atoms with E-state index in [-0.39, 0.29) is 17.8 Å². The molecule has 0 aliphatic carbocycles. The fourth-order valence-electron chi connectivity index (χ4n) is 3.10. The summed E-state index contributed by atoms with van der Waals surface area (Å²) in [6, 6.07) is 12.9. The van der Waals surface area contributed by atoms with Gasteiger partial charge in [0, 0.05) is 5.69 Å². The number of aryl methyl sites for hydroxylation is 1. The van der Waals surface area contributed by atoms with Crippen LogP contribution in [-0.4, -0.2) is 32.6 Å². The van der Waals surface area contributed by atoms with Crippen molar-refractivity contribution in [1.82, 2.24) is 14.9 Å². The number of benzene rings is 2. The summed E-state index contributed by atoms with van der Waals surface area (Å²) in [5, 5.41) is 11.2. The zero-order chi connectivity index (χ0) is 20.4. The van der Waals surface area contributed by atoms with Crippen LogP contribution in [0.5, 0.6) is 5.75 Å². The standard InChI is InChI=1S/C20H20FN5O2S/c1-3-28-16-10-8-15(9-11-16)22-19(27)18-17(13-4-6-14(21)7-5-13)25-26-12(2)23-24-20(26)29-18/h4-11,17-18,25H,3H2,1-2H3,(H,22,27). The summed E-state index contributed by atoms with van der Waals surface area (Å²) < 4.78 is 20.6. The summed E-state index contributed by atoms with van der Waals surface area (Å²) >= 11 is 1.32. The Morgan fingerprint density at radius 3 is 2.62 bits per heavy atom. The molecule has 0 saturated carbocycles. The van der Waals surface area contributed by atoms with Crippen molar-refractivity contribution in [2.75, 3.05) is 17.3 Å². The molecular formula is C20H20FN5O2S. The molecule has 0 radical (unpaired) electrons. The first-order valence-corrected chi connectivity index (χ1v) is 10.1. The predicted molar refractivity (Wildman–Crippen MR) is 109 cm³/mol. The number of thioether (sulfide) groups is 1. The summed E-state index contributed by atoms with van der Waals surface area (Å²) in [4.78, 5) is 13.1. The number of nitrogens with zero attached hydrogens (tertiary/aromatic N) is 3. The SMILES string of the molecule is CCOc1ccc(NC(=O)C2Sc3nnc(C)n3NC2c2ccc(F)cc2)cc1. The smallest absolute Gasteiger partial charge is 0.240 e. The highest BCUT2D eigenvalue weighted by Gasteiger charge is 2.37. The molecule has 2 heterocycles. The summed E-state index contributed by atoms with van der Waals surface area (Å²) in [7, 11) is 0. The van der Waals surface area contributed by atoms with Gasteiger partial charge in [-0.05, 0) is 55.8 Å². The van der Waals surface area contributed by atoms with Crippen molar-refractivity contribution in [3.63, 3.8) is 0 Å². The molecule has 2 unspecified atom stereocenters. The number of aromatic nitrogens is 3. The van der Waals surface area contributed by atoms with Crippen LogP contribution in [0.1, 0.15) is 24.4 Å². The minimum atomic E-state index is -0.525. The number of halogens is 1. The van der Waals surface area contributed by atoms with Crippen molar-refractivity contribution in [3.8, 4) is 5.75 Å². The lowest BCUT2D eigenvalue weighted by atomic mass is 10.0. The van der Waals surface area contributed by atoms with E-state index in [4.69, 9.17) is 4.74 Å². The van der Waals surface area contributed by atoms with E-state index in [1.807, 2.05) is 26.0 Å². The molecule has 9 heteroatoms. The molecule has 0 spiro atoms. The minimum absolute atomic E-state index is 0.187. The van der Waals surface area contributed by atoms with E-state index in [0.29, 0.717) is 23.3 Å². The Kier molecular flexibility index (Phi) is 5.39. The number of carbonyl (C=O) groups excluding carboxylic acids is 1. The normalized spacial score (nSPS) is 17.9. The highest BCUT2D eigenvalue weighted by molar-refractivity contribution is 8.00. The molecule has 0 fully saturated rings. The summed E-state index contributed by atoms with van der Waals surface area (Å²) in [6.07, 6.45) is 0. The molecule has 7 nitrogen and oxygen atoms in total. The second kappa shape index (κ2) is 8.12. The van der Waals surface area contributed by atoms with Crippen molar-refractivity contribution in [1.29, 1.82) is 0 Å². The van der Waals surface area contributed by atoms with Crippen LogP contribution < -0.4 is 15.5 Å². The first kappa shape index (κ1) is 19.3. The number of amides is 1. The lowest BCUT2D eigenvalue weighted by molar-refractivity contribution is -0.116. The third kappa shape index (κ3) is 4.04. The monoisotopic (exact) mass is 413 g/mol. The maximum absolute atomic E-state index is 13.4. The number of fused-ring (bicyclic) bond motifs is 1. The lowest BCUT2D eigenvalue weighted by Gasteiger charge is -2.32. The maximum Gasteiger partial charge on any atom is 0.240 e. The van der Waals surface area contributed by atoms with Gasteiger partial charge in [0.25, 0.3) is 0 Å². The minimum Gasteiger partial charge on any atom is -0.494 e. The zero-order valence-electron chi connectivity index (χ0n) is 15.9. The van der Waals surface area contributed by atoms with Gasteiger partial charge in [-0.1, -0.05) is 23.9 Å². The maximum atomic E-state index is 13.4. The second-order valence-electron chi connectivity index (χ2n) is 6.51. The second-order valence-corrected chi connectivity index (χ2v) is 7.62. The molecule has 1 aliphatic rings. The molecule has 1 aliphatic heterocycles. The highest BCUT2D eigenvalue weighted by atomic mass is 32.2. The van der Waals surface area contributed by atoms with E-state index in [0.717, 1.165) is 11.3 Å². The number of nitrogens with one attached hydrogen (secondary N) is 2. The van der Waals surface area contributed by atoms with Crippen LogP contribution in [-0.2, 0) is 4.79 Å². The molecule has 1 aromatic heterocycles. The fourth-order valence-corrected chi connectivity index (χ4v) is 4.22. The Morgan fingerprint density at radius 1 is 1.21 bits per heavy atom. The number of anilines is 1. The Hall–Kier alpha value is -3.07. The van der Waals surface area contributed by atoms with E-state index in [1.165, 1.54) is 23.9 Å². The van der Waals surface area contributed by atoms with Gasteiger partial charge in [-0.3, -0.25) is 4.79 Å². The lowest BCUT2D eigenvalue weighted by Crippen LogP contribution is -2.41. The van der Waals surface area contributed by atoms with Crippen LogP contribution in [0, 0.1) is 12.7 Å². The van der Waals surface area contributed by atoms with Gasteiger partial charge in [0.1, 0.15) is 22.6 Å². The number of rotatable bonds is 5. The van der Waals surface area contributed by atoms with E-state index >= 15 is 0 Å². The molecule has 0 saturated heterocycles. The molecule has 0 bridgehead atoms. The topological polar surface area (TPSA) is 81.1 Å².